The maximum Gasteiger partial charge on any atom is 0.229 e. The third kappa shape index (κ3) is 6.88. The molecule has 2 aromatic carbocycles. The van der Waals surface area contributed by atoms with E-state index in [0.29, 0.717) is 22.3 Å². The lowest BCUT2D eigenvalue weighted by molar-refractivity contribution is 0.462. The summed E-state index contributed by atoms with van der Waals surface area (Å²) in [6.45, 7) is 7.65. The van der Waals surface area contributed by atoms with Crippen LogP contribution in [0.3, 0.4) is 0 Å². The Hall–Kier alpha value is -3.78. The van der Waals surface area contributed by atoms with Crippen LogP contribution in [0.15, 0.2) is 84.1 Å². The summed E-state index contributed by atoms with van der Waals surface area (Å²) in [5, 5.41) is 6.49. The summed E-state index contributed by atoms with van der Waals surface area (Å²) >= 11 is 0. The van der Waals surface area contributed by atoms with Crippen molar-refractivity contribution in [1.29, 1.82) is 0 Å². The molecule has 4 aromatic rings. The molecule has 0 aliphatic heterocycles. The second kappa shape index (κ2) is 10.5. The Morgan fingerprint density at radius 1 is 0.861 bits per heavy atom. The highest BCUT2D eigenvalue weighted by atomic mass is 32.2. The molecule has 0 atom stereocenters. The van der Waals surface area contributed by atoms with Crippen molar-refractivity contribution in [2.24, 2.45) is 5.41 Å². The highest BCUT2D eigenvalue weighted by Gasteiger charge is 2.23. The van der Waals surface area contributed by atoms with Crippen molar-refractivity contribution >= 4 is 33.0 Å². The fraction of sp³-hybridized carbons (Fsp3) is 0.250. The van der Waals surface area contributed by atoms with Crippen LogP contribution in [0.5, 0.6) is 0 Å². The number of sulfone groups is 1. The maximum absolute atomic E-state index is 12.8. The van der Waals surface area contributed by atoms with Crippen molar-refractivity contribution in [3.63, 3.8) is 0 Å². The number of hydrogen-bond acceptors (Lipinski definition) is 7. The standard InChI is InChI=1S/C28H31N5O2S/c1-20-18-30-27(32-23-10-8-21(9-11-23)16-22-12-14-29-15-13-22)33-26(20)31-24-6-5-7-25(17-24)36(34,35)19-28(2,3)4/h5-15,17-18H,16,19H2,1-4H3,(H2,30,31,32,33). The monoisotopic (exact) mass is 501 g/mol. The Balaban J connectivity index is 1.48. The predicted molar refractivity (Wildman–Crippen MR) is 145 cm³/mol. The van der Waals surface area contributed by atoms with Crippen LogP contribution in [-0.2, 0) is 16.3 Å². The molecule has 36 heavy (non-hydrogen) atoms. The summed E-state index contributed by atoms with van der Waals surface area (Å²) in [6, 6.07) is 19.0. The average molecular weight is 502 g/mol. The number of hydrogen-bond donors (Lipinski definition) is 2. The fourth-order valence-corrected chi connectivity index (χ4v) is 5.66. The first-order valence-corrected chi connectivity index (χ1v) is 13.4. The Morgan fingerprint density at radius 3 is 2.25 bits per heavy atom. The average Bonchev–Trinajstić information content (AvgIpc) is 2.82. The summed E-state index contributed by atoms with van der Waals surface area (Å²) in [5.74, 6) is 1.12. The van der Waals surface area contributed by atoms with E-state index in [0.717, 1.165) is 17.7 Å². The van der Waals surface area contributed by atoms with E-state index in [2.05, 4.69) is 37.7 Å². The van der Waals surface area contributed by atoms with Crippen molar-refractivity contribution in [3.8, 4) is 0 Å². The van der Waals surface area contributed by atoms with Gasteiger partial charge in [0.15, 0.2) is 9.84 Å². The molecular formula is C28H31N5O2S. The van der Waals surface area contributed by atoms with Crippen LogP contribution < -0.4 is 10.6 Å². The van der Waals surface area contributed by atoms with Gasteiger partial charge in [0, 0.05) is 35.5 Å². The molecule has 0 saturated carbocycles. The van der Waals surface area contributed by atoms with Crippen LogP contribution >= 0.6 is 0 Å². The smallest absolute Gasteiger partial charge is 0.229 e. The minimum absolute atomic E-state index is 0.0748. The Morgan fingerprint density at radius 2 is 1.56 bits per heavy atom. The lowest BCUT2D eigenvalue weighted by Crippen LogP contribution is -2.20. The third-order valence-corrected chi connectivity index (χ3v) is 7.64. The van der Waals surface area contributed by atoms with E-state index in [1.807, 2.05) is 58.0 Å². The van der Waals surface area contributed by atoms with E-state index >= 15 is 0 Å². The first kappa shape index (κ1) is 25.3. The van der Waals surface area contributed by atoms with Gasteiger partial charge in [-0.1, -0.05) is 39.0 Å². The second-order valence-corrected chi connectivity index (χ2v) is 12.0. The molecule has 0 bridgehead atoms. The molecular weight excluding hydrogens is 470 g/mol. The summed E-state index contributed by atoms with van der Waals surface area (Å²) < 4.78 is 25.7. The maximum atomic E-state index is 12.8. The molecule has 0 aliphatic carbocycles. The lowest BCUT2D eigenvalue weighted by atomic mass is 10.0. The zero-order chi connectivity index (χ0) is 25.8. The van der Waals surface area contributed by atoms with Crippen molar-refractivity contribution < 1.29 is 8.42 Å². The van der Waals surface area contributed by atoms with Crippen LogP contribution in [0.4, 0.5) is 23.1 Å². The molecule has 7 nitrogen and oxygen atoms in total. The molecule has 0 spiro atoms. The van der Waals surface area contributed by atoms with E-state index in [4.69, 9.17) is 0 Å². The fourth-order valence-electron chi connectivity index (χ4n) is 3.76. The van der Waals surface area contributed by atoms with Crippen LogP contribution in [0, 0.1) is 12.3 Å². The quantitative estimate of drug-likeness (QED) is 0.302. The molecule has 2 N–H and O–H groups in total. The number of anilines is 4. The van der Waals surface area contributed by atoms with Crippen molar-refractivity contribution in [1.82, 2.24) is 15.0 Å². The number of aromatic nitrogens is 3. The van der Waals surface area contributed by atoms with E-state index < -0.39 is 9.84 Å². The van der Waals surface area contributed by atoms with Crippen molar-refractivity contribution in [2.45, 2.75) is 39.0 Å². The molecule has 0 unspecified atom stereocenters. The molecule has 2 heterocycles. The summed E-state index contributed by atoms with van der Waals surface area (Å²) in [6.07, 6.45) is 6.16. The first-order chi connectivity index (χ1) is 17.1. The SMILES string of the molecule is Cc1cnc(Nc2ccc(Cc3ccncc3)cc2)nc1Nc1cccc(S(=O)(=O)CC(C)(C)C)c1. The Labute approximate surface area is 213 Å². The summed E-state index contributed by atoms with van der Waals surface area (Å²) in [7, 11) is -3.40. The van der Waals surface area contributed by atoms with Gasteiger partial charge in [0.1, 0.15) is 5.82 Å². The number of aryl methyl sites for hydroxylation is 1. The van der Waals surface area contributed by atoms with Gasteiger partial charge in [0.2, 0.25) is 5.95 Å². The molecule has 2 aromatic heterocycles. The molecule has 0 radical (unpaired) electrons. The molecule has 0 aliphatic rings. The summed E-state index contributed by atoms with van der Waals surface area (Å²) in [5.41, 5.74) is 4.44. The Kier molecular flexibility index (Phi) is 7.35. The normalized spacial score (nSPS) is 11.8. The van der Waals surface area contributed by atoms with Gasteiger partial charge >= 0.3 is 0 Å². The van der Waals surface area contributed by atoms with Crippen LogP contribution in [-0.4, -0.2) is 29.1 Å². The van der Waals surface area contributed by atoms with E-state index in [9.17, 15) is 8.42 Å². The molecule has 0 saturated heterocycles. The molecule has 0 amide bonds. The Bertz CT molecular complexity index is 1430. The largest absolute Gasteiger partial charge is 0.340 e. The molecule has 4 rings (SSSR count). The zero-order valence-corrected chi connectivity index (χ0v) is 21.8. The number of nitrogens with zero attached hydrogens (tertiary/aromatic N) is 3. The van der Waals surface area contributed by atoms with Crippen LogP contribution in [0.25, 0.3) is 0 Å². The van der Waals surface area contributed by atoms with Gasteiger partial charge in [-0.2, -0.15) is 4.98 Å². The number of benzene rings is 2. The van der Waals surface area contributed by atoms with Crippen LogP contribution in [0.1, 0.15) is 37.5 Å². The number of rotatable bonds is 8. The molecule has 186 valence electrons. The number of nitrogens with one attached hydrogen (secondary N) is 2. The van der Waals surface area contributed by atoms with E-state index in [1.165, 1.54) is 11.1 Å². The first-order valence-electron chi connectivity index (χ1n) is 11.8. The zero-order valence-electron chi connectivity index (χ0n) is 21.0. The van der Waals surface area contributed by atoms with Gasteiger partial charge in [-0.25, -0.2) is 13.4 Å². The minimum Gasteiger partial charge on any atom is -0.340 e. The van der Waals surface area contributed by atoms with Gasteiger partial charge in [0.05, 0.1) is 10.6 Å². The van der Waals surface area contributed by atoms with Gasteiger partial charge in [0.25, 0.3) is 0 Å². The van der Waals surface area contributed by atoms with Gasteiger partial charge in [-0.05, 0) is 72.4 Å². The van der Waals surface area contributed by atoms with E-state index in [-0.39, 0.29) is 11.2 Å². The lowest BCUT2D eigenvalue weighted by Gasteiger charge is -2.18. The highest BCUT2D eigenvalue weighted by Crippen LogP contribution is 2.26. The second-order valence-electron chi connectivity index (χ2n) is 10.1. The van der Waals surface area contributed by atoms with E-state index in [1.54, 1.807) is 36.8 Å². The predicted octanol–water partition coefficient (Wildman–Crippen LogP) is 6.08. The molecule has 0 fully saturated rings. The number of pyridine rings is 1. The van der Waals surface area contributed by atoms with Gasteiger partial charge < -0.3 is 10.6 Å². The van der Waals surface area contributed by atoms with Gasteiger partial charge in [-0.15, -0.1) is 0 Å². The van der Waals surface area contributed by atoms with Crippen molar-refractivity contribution in [2.75, 3.05) is 16.4 Å². The van der Waals surface area contributed by atoms with Crippen molar-refractivity contribution in [3.05, 3.63) is 95.9 Å². The highest BCUT2D eigenvalue weighted by molar-refractivity contribution is 7.91. The summed E-state index contributed by atoms with van der Waals surface area (Å²) in [4.78, 5) is 13.4. The van der Waals surface area contributed by atoms with Gasteiger partial charge in [-0.3, -0.25) is 4.98 Å². The van der Waals surface area contributed by atoms with Crippen LogP contribution in [0.2, 0.25) is 0 Å². The third-order valence-electron chi connectivity index (χ3n) is 5.42. The molecule has 8 heteroatoms. The topological polar surface area (TPSA) is 96.9 Å². The minimum atomic E-state index is -3.40.